The van der Waals surface area contributed by atoms with Crippen molar-refractivity contribution in [1.82, 2.24) is 10.3 Å². The molecule has 0 atom stereocenters. The molecule has 1 aliphatic rings. The van der Waals surface area contributed by atoms with Crippen LogP contribution in [0.25, 0.3) is 0 Å². The third-order valence-electron chi connectivity index (χ3n) is 2.76. The van der Waals surface area contributed by atoms with Crippen LogP contribution >= 0.6 is 23.1 Å². The molecule has 1 aliphatic heterocycles. The van der Waals surface area contributed by atoms with Crippen LogP contribution in [0.2, 0.25) is 0 Å². The molecule has 1 N–H and O–H groups in total. The van der Waals surface area contributed by atoms with E-state index in [1.54, 1.807) is 0 Å². The summed E-state index contributed by atoms with van der Waals surface area (Å²) in [6.45, 7) is 0.900. The maximum Gasteiger partial charge on any atom is 0.0931 e. The molecule has 2 heterocycles. The van der Waals surface area contributed by atoms with E-state index >= 15 is 0 Å². The van der Waals surface area contributed by atoms with Gasteiger partial charge >= 0.3 is 0 Å². The fourth-order valence-corrected chi connectivity index (χ4v) is 4.02. The molecule has 0 aromatic carbocycles. The van der Waals surface area contributed by atoms with E-state index in [4.69, 9.17) is 0 Å². The van der Waals surface area contributed by atoms with Crippen LogP contribution in [-0.2, 0) is 13.0 Å². The Balaban J connectivity index is 1.86. The first-order valence-electron chi connectivity index (χ1n) is 5.54. The zero-order valence-electron chi connectivity index (χ0n) is 9.16. The summed E-state index contributed by atoms with van der Waals surface area (Å²) in [5.74, 6) is 3.58. The lowest BCUT2D eigenvalue weighted by molar-refractivity contribution is 0.486. The molecule has 84 valence electrons. The van der Waals surface area contributed by atoms with Gasteiger partial charge in [0.2, 0.25) is 0 Å². The Morgan fingerprint density at radius 3 is 3.00 bits per heavy atom. The summed E-state index contributed by atoms with van der Waals surface area (Å²) < 4.78 is 0. The maximum absolute atomic E-state index is 4.64. The number of thioether (sulfide) groups is 1. The minimum atomic E-state index is 0.889. The summed E-state index contributed by atoms with van der Waals surface area (Å²) in [5.41, 5.74) is 1.20. The van der Waals surface area contributed by atoms with E-state index in [2.05, 4.69) is 27.4 Å². The SMILES string of the molecule is CNCc1csc(CC2CCSCC2)n1. The molecule has 4 heteroatoms. The lowest BCUT2D eigenvalue weighted by atomic mass is 9.99. The van der Waals surface area contributed by atoms with E-state index in [0.717, 1.165) is 12.5 Å². The van der Waals surface area contributed by atoms with Gasteiger partial charge in [-0.25, -0.2) is 4.98 Å². The number of aromatic nitrogens is 1. The standard InChI is InChI=1S/C11H18N2S2/c1-12-7-10-8-15-11(13-10)6-9-2-4-14-5-3-9/h8-9,12H,2-7H2,1H3. The van der Waals surface area contributed by atoms with Crippen molar-refractivity contribution in [3.8, 4) is 0 Å². The topological polar surface area (TPSA) is 24.9 Å². The van der Waals surface area contributed by atoms with Crippen molar-refractivity contribution in [2.75, 3.05) is 18.6 Å². The number of hydrogen-bond donors (Lipinski definition) is 1. The van der Waals surface area contributed by atoms with Crippen LogP contribution in [0, 0.1) is 5.92 Å². The van der Waals surface area contributed by atoms with Gasteiger partial charge in [-0.2, -0.15) is 11.8 Å². The average molecular weight is 242 g/mol. The number of nitrogens with zero attached hydrogens (tertiary/aromatic N) is 1. The van der Waals surface area contributed by atoms with Crippen molar-refractivity contribution in [3.63, 3.8) is 0 Å². The highest BCUT2D eigenvalue weighted by atomic mass is 32.2. The van der Waals surface area contributed by atoms with Gasteiger partial charge in [0.1, 0.15) is 0 Å². The Bertz CT molecular complexity index is 293. The summed E-state index contributed by atoms with van der Waals surface area (Å²) in [6.07, 6.45) is 3.96. The second kappa shape index (κ2) is 5.87. The number of hydrogen-bond acceptors (Lipinski definition) is 4. The number of nitrogens with one attached hydrogen (secondary N) is 1. The van der Waals surface area contributed by atoms with Crippen molar-refractivity contribution in [2.45, 2.75) is 25.8 Å². The highest BCUT2D eigenvalue weighted by Gasteiger charge is 2.15. The molecule has 0 spiro atoms. The first kappa shape index (κ1) is 11.4. The number of thiazole rings is 1. The highest BCUT2D eigenvalue weighted by Crippen LogP contribution is 2.26. The van der Waals surface area contributed by atoms with Crippen LogP contribution in [-0.4, -0.2) is 23.5 Å². The molecule has 0 radical (unpaired) electrons. The van der Waals surface area contributed by atoms with Crippen LogP contribution in [0.4, 0.5) is 0 Å². The predicted molar refractivity (Wildman–Crippen MR) is 68.6 cm³/mol. The van der Waals surface area contributed by atoms with Crippen molar-refractivity contribution < 1.29 is 0 Å². The Kier molecular flexibility index (Phi) is 4.47. The summed E-state index contributed by atoms with van der Waals surface area (Å²) >= 11 is 3.92. The lowest BCUT2D eigenvalue weighted by Gasteiger charge is -2.19. The largest absolute Gasteiger partial charge is 0.314 e. The monoisotopic (exact) mass is 242 g/mol. The molecule has 1 aromatic heterocycles. The molecule has 2 rings (SSSR count). The summed E-state index contributed by atoms with van der Waals surface area (Å²) in [5, 5.41) is 6.66. The van der Waals surface area contributed by atoms with Gasteiger partial charge in [-0.05, 0) is 37.3 Å². The third-order valence-corrected chi connectivity index (χ3v) is 4.73. The fraction of sp³-hybridized carbons (Fsp3) is 0.727. The van der Waals surface area contributed by atoms with Gasteiger partial charge in [0.05, 0.1) is 10.7 Å². The van der Waals surface area contributed by atoms with Crippen LogP contribution in [0.3, 0.4) is 0 Å². The molecule has 0 amide bonds. The Morgan fingerprint density at radius 2 is 2.27 bits per heavy atom. The Labute approximate surface area is 99.9 Å². The van der Waals surface area contributed by atoms with Gasteiger partial charge in [-0.15, -0.1) is 11.3 Å². The zero-order chi connectivity index (χ0) is 10.5. The fourth-order valence-electron chi connectivity index (χ4n) is 1.90. The van der Waals surface area contributed by atoms with E-state index in [9.17, 15) is 0 Å². The van der Waals surface area contributed by atoms with Crippen LogP contribution in [0.1, 0.15) is 23.5 Å². The summed E-state index contributed by atoms with van der Waals surface area (Å²) in [6, 6.07) is 0. The molecule has 2 nitrogen and oxygen atoms in total. The predicted octanol–water partition coefficient (Wildman–Crippen LogP) is 2.55. The van der Waals surface area contributed by atoms with E-state index in [1.807, 2.05) is 18.4 Å². The van der Waals surface area contributed by atoms with Crippen LogP contribution in [0.15, 0.2) is 5.38 Å². The van der Waals surface area contributed by atoms with Gasteiger partial charge in [0.25, 0.3) is 0 Å². The minimum absolute atomic E-state index is 0.889. The minimum Gasteiger partial charge on any atom is -0.314 e. The molecule has 1 aromatic rings. The maximum atomic E-state index is 4.64. The van der Waals surface area contributed by atoms with Gasteiger partial charge in [-0.1, -0.05) is 0 Å². The van der Waals surface area contributed by atoms with Gasteiger partial charge in [0.15, 0.2) is 0 Å². The second-order valence-electron chi connectivity index (χ2n) is 4.02. The normalized spacial score (nSPS) is 18.2. The van der Waals surface area contributed by atoms with E-state index in [1.165, 1.54) is 41.5 Å². The van der Waals surface area contributed by atoms with Crippen molar-refractivity contribution in [3.05, 3.63) is 16.1 Å². The molecule has 15 heavy (non-hydrogen) atoms. The van der Waals surface area contributed by atoms with Gasteiger partial charge < -0.3 is 5.32 Å². The van der Waals surface area contributed by atoms with E-state index < -0.39 is 0 Å². The summed E-state index contributed by atoms with van der Waals surface area (Å²) in [4.78, 5) is 4.64. The molecular weight excluding hydrogens is 224 g/mol. The Morgan fingerprint density at radius 1 is 1.47 bits per heavy atom. The first-order chi connectivity index (χ1) is 7.38. The quantitative estimate of drug-likeness (QED) is 0.878. The van der Waals surface area contributed by atoms with E-state index in [-0.39, 0.29) is 0 Å². The van der Waals surface area contributed by atoms with Crippen molar-refractivity contribution in [2.24, 2.45) is 5.92 Å². The van der Waals surface area contributed by atoms with Crippen molar-refractivity contribution >= 4 is 23.1 Å². The highest BCUT2D eigenvalue weighted by molar-refractivity contribution is 7.99. The smallest absolute Gasteiger partial charge is 0.0931 e. The lowest BCUT2D eigenvalue weighted by Crippen LogP contribution is -2.12. The molecule has 1 saturated heterocycles. The molecule has 0 bridgehead atoms. The summed E-state index contributed by atoms with van der Waals surface area (Å²) in [7, 11) is 1.97. The molecule has 1 fully saturated rings. The van der Waals surface area contributed by atoms with Gasteiger partial charge in [0, 0.05) is 18.3 Å². The van der Waals surface area contributed by atoms with Crippen molar-refractivity contribution in [1.29, 1.82) is 0 Å². The first-order valence-corrected chi connectivity index (χ1v) is 7.57. The van der Waals surface area contributed by atoms with Crippen LogP contribution in [0.5, 0.6) is 0 Å². The molecule has 0 saturated carbocycles. The number of rotatable bonds is 4. The molecular formula is C11H18N2S2. The third kappa shape index (κ3) is 3.47. The Hall–Kier alpha value is -0.0600. The van der Waals surface area contributed by atoms with Crippen LogP contribution < -0.4 is 5.32 Å². The molecule has 0 unspecified atom stereocenters. The zero-order valence-corrected chi connectivity index (χ0v) is 10.8. The van der Waals surface area contributed by atoms with Gasteiger partial charge in [-0.3, -0.25) is 0 Å². The molecule has 0 aliphatic carbocycles. The second-order valence-corrected chi connectivity index (χ2v) is 6.19. The van der Waals surface area contributed by atoms with E-state index in [0.29, 0.717) is 0 Å². The average Bonchev–Trinajstić information content (AvgIpc) is 2.68.